The van der Waals surface area contributed by atoms with Gasteiger partial charge in [-0.2, -0.15) is 0 Å². The minimum Gasteiger partial charge on any atom is -0.442 e. The highest BCUT2D eigenvalue weighted by Crippen LogP contribution is 2.25. The number of rotatable bonds is 4. The van der Waals surface area contributed by atoms with Gasteiger partial charge in [-0.25, -0.2) is 4.98 Å². The van der Waals surface area contributed by atoms with Crippen LogP contribution >= 0.6 is 11.6 Å². The zero-order chi connectivity index (χ0) is 19.0. The molecule has 136 valence electrons. The number of furan rings is 1. The first kappa shape index (κ1) is 18.2. The van der Waals surface area contributed by atoms with E-state index in [0.717, 1.165) is 5.56 Å². The number of nitrogens with one attached hydrogen (secondary N) is 1. The van der Waals surface area contributed by atoms with Gasteiger partial charge < -0.3 is 9.73 Å². The number of fused-ring (bicyclic) bond motifs is 1. The second-order valence-corrected chi connectivity index (χ2v) is 7.16. The smallest absolute Gasteiger partial charge is 0.265 e. The van der Waals surface area contributed by atoms with Crippen LogP contribution in [0.3, 0.4) is 0 Å². The van der Waals surface area contributed by atoms with E-state index in [-0.39, 0.29) is 28.1 Å². The Morgan fingerprint density at radius 3 is 2.77 bits per heavy atom. The van der Waals surface area contributed by atoms with Crippen LogP contribution in [0.15, 0.2) is 33.7 Å². The van der Waals surface area contributed by atoms with Gasteiger partial charge in [0.25, 0.3) is 11.5 Å². The van der Waals surface area contributed by atoms with Crippen molar-refractivity contribution < 1.29 is 9.21 Å². The van der Waals surface area contributed by atoms with Gasteiger partial charge in [-0.15, -0.1) is 0 Å². The van der Waals surface area contributed by atoms with Crippen LogP contribution in [0.2, 0.25) is 5.02 Å². The summed E-state index contributed by atoms with van der Waals surface area (Å²) in [6.45, 7) is 8.04. The molecule has 0 saturated carbocycles. The number of carbonyl (C=O) groups excluding carboxylic acids is 1. The summed E-state index contributed by atoms with van der Waals surface area (Å²) in [5.41, 5.74) is 1.54. The van der Waals surface area contributed by atoms with E-state index in [9.17, 15) is 9.59 Å². The largest absolute Gasteiger partial charge is 0.442 e. The maximum atomic E-state index is 12.9. The molecular formula is C19H20ClN3O3. The number of anilines is 1. The van der Waals surface area contributed by atoms with Gasteiger partial charge in [0.05, 0.1) is 5.56 Å². The lowest BCUT2D eigenvalue weighted by molar-refractivity contribution is 0.102. The molecule has 0 aliphatic heterocycles. The fourth-order valence-corrected chi connectivity index (χ4v) is 3.02. The number of amides is 1. The van der Waals surface area contributed by atoms with E-state index in [1.165, 1.54) is 10.9 Å². The van der Waals surface area contributed by atoms with Crippen molar-refractivity contribution in [3.63, 3.8) is 0 Å². The lowest BCUT2D eigenvalue weighted by Gasteiger charge is -2.09. The number of aromatic nitrogens is 2. The van der Waals surface area contributed by atoms with Crippen LogP contribution in [0.1, 0.15) is 35.5 Å². The predicted molar refractivity (Wildman–Crippen MR) is 102 cm³/mol. The van der Waals surface area contributed by atoms with Gasteiger partial charge in [0, 0.05) is 17.3 Å². The average molecular weight is 374 g/mol. The molecule has 0 aliphatic carbocycles. The highest BCUT2D eigenvalue weighted by atomic mass is 35.5. The second-order valence-electron chi connectivity index (χ2n) is 6.72. The summed E-state index contributed by atoms with van der Waals surface area (Å²) >= 11 is 6.01. The quantitative estimate of drug-likeness (QED) is 0.744. The molecule has 0 unspecified atom stereocenters. The van der Waals surface area contributed by atoms with Crippen molar-refractivity contribution in [3.05, 3.63) is 56.8 Å². The van der Waals surface area contributed by atoms with Gasteiger partial charge in [0.15, 0.2) is 0 Å². The summed E-state index contributed by atoms with van der Waals surface area (Å²) in [6, 6.07) is 5.23. The van der Waals surface area contributed by atoms with Crippen molar-refractivity contribution in [2.45, 2.75) is 34.2 Å². The second kappa shape index (κ2) is 6.96. The summed E-state index contributed by atoms with van der Waals surface area (Å²) in [4.78, 5) is 29.9. The minimum atomic E-state index is -0.423. The third-order valence-electron chi connectivity index (χ3n) is 4.09. The standard InChI is InChI=1S/C19H20ClN3O3/c1-10(2)8-23-9-21-18-16(19(23)25)15(12(4)26-18)17(24)22-14-7-13(20)6-5-11(14)3/h5-7,9-10H,8H2,1-4H3,(H,22,24). The molecule has 0 bridgehead atoms. The molecule has 0 spiro atoms. The normalized spacial score (nSPS) is 11.3. The number of benzene rings is 1. The molecule has 1 N–H and O–H groups in total. The first-order valence-corrected chi connectivity index (χ1v) is 8.71. The third-order valence-corrected chi connectivity index (χ3v) is 4.33. The monoisotopic (exact) mass is 373 g/mol. The van der Waals surface area contributed by atoms with E-state index in [0.29, 0.717) is 23.0 Å². The Kier molecular flexibility index (Phi) is 4.87. The van der Waals surface area contributed by atoms with Gasteiger partial charge in [0.1, 0.15) is 17.5 Å². The van der Waals surface area contributed by atoms with Crippen molar-refractivity contribution in [1.82, 2.24) is 9.55 Å². The Labute approximate surface area is 155 Å². The number of hydrogen-bond acceptors (Lipinski definition) is 4. The summed E-state index contributed by atoms with van der Waals surface area (Å²) in [7, 11) is 0. The molecule has 1 aromatic carbocycles. The topological polar surface area (TPSA) is 77.1 Å². The van der Waals surface area contributed by atoms with Gasteiger partial charge in [-0.1, -0.05) is 31.5 Å². The van der Waals surface area contributed by atoms with E-state index in [2.05, 4.69) is 10.3 Å². The lowest BCUT2D eigenvalue weighted by atomic mass is 10.1. The summed E-state index contributed by atoms with van der Waals surface area (Å²) in [5, 5.41) is 3.53. The third kappa shape index (κ3) is 3.37. The summed E-state index contributed by atoms with van der Waals surface area (Å²) < 4.78 is 7.04. The molecular weight excluding hydrogens is 354 g/mol. The van der Waals surface area contributed by atoms with E-state index >= 15 is 0 Å². The molecule has 1 amide bonds. The van der Waals surface area contributed by atoms with E-state index < -0.39 is 5.91 Å². The van der Waals surface area contributed by atoms with Crippen LogP contribution in [-0.4, -0.2) is 15.5 Å². The van der Waals surface area contributed by atoms with Crippen LogP contribution in [-0.2, 0) is 6.54 Å². The van der Waals surface area contributed by atoms with Crippen molar-refractivity contribution in [2.24, 2.45) is 5.92 Å². The van der Waals surface area contributed by atoms with Gasteiger partial charge >= 0.3 is 0 Å². The van der Waals surface area contributed by atoms with Crippen LogP contribution < -0.4 is 10.9 Å². The maximum Gasteiger partial charge on any atom is 0.265 e. The fraction of sp³-hybridized carbons (Fsp3) is 0.316. The predicted octanol–water partition coefficient (Wildman–Crippen LogP) is 4.17. The molecule has 26 heavy (non-hydrogen) atoms. The van der Waals surface area contributed by atoms with Crippen LogP contribution in [0.4, 0.5) is 5.69 Å². The Hall–Kier alpha value is -2.60. The summed E-state index contributed by atoms with van der Waals surface area (Å²) in [5.74, 6) is 0.197. The van der Waals surface area contributed by atoms with Gasteiger partial charge in [0.2, 0.25) is 5.71 Å². The molecule has 7 heteroatoms. The zero-order valence-electron chi connectivity index (χ0n) is 15.1. The maximum absolute atomic E-state index is 12.9. The van der Waals surface area contributed by atoms with Gasteiger partial charge in [-0.3, -0.25) is 14.2 Å². The summed E-state index contributed by atoms with van der Waals surface area (Å²) in [6.07, 6.45) is 1.45. The highest BCUT2D eigenvalue weighted by Gasteiger charge is 2.23. The molecule has 2 heterocycles. The molecule has 0 saturated heterocycles. The number of halogens is 1. The molecule has 0 atom stereocenters. The Bertz CT molecular complexity index is 1050. The van der Waals surface area contributed by atoms with Crippen LogP contribution in [0, 0.1) is 19.8 Å². The van der Waals surface area contributed by atoms with Crippen LogP contribution in [0.5, 0.6) is 0 Å². The minimum absolute atomic E-state index is 0.167. The number of hydrogen-bond donors (Lipinski definition) is 1. The van der Waals surface area contributed by atoms with Crippen molar-refractivity contribution in [3.8, 4) is 0 Å². The number of nitrogens with zero attached hydrogens (tertiary/aromatic N) is 2. The van der Waals surface area contributed by atoms with Crippen molar-refractivity contribution in [2.75, 3.05) is 5.32 Å². The molecule has 2 aromatic heterocycles. The van der Waals surface area contributed by atoms with E-state index in [1.54, 1.807) is 19.1 Å². The molecule has 0 aliphatic rings. The lowest BCUT2D eigenvalue weighted by Crippen LogP contribution is -2.24. The Morgan fingerprint density at radius 1 is 1.35 bits per heavy atom. The SMILES string of the molecule is Cc1ccc(Cl)cc1NC(=O)c1c(C)oc2ncn(CC(C)C)c(=O)c12. The molecule has 0 fully saturated rings. The molecule has 6 nitrogen and oxygen atoms in total. The average Bonchev–Trinajstić information content (AvgIpc) is 2.90. The first-order valence-electron chi connectivity index (χ1n) is 8.34. The molecule has 0 radical (unpaired) electrons. The fourth-order valence-electron chi connectivity index (χ4n) is 2.85. The van der Waals surface area contributed by atoms with E-state index in [1.807, 2.05) is 26.8 Å². The van der Waals surface area contributed by atoms with E-state index in [4.69, 9.17) is 16.0 Å². The first-order chi connectivity index (χ1) is 12.3. The molecule has 3 aromatic rings. The highest BCUT2D eigenvalue weighted by molar-refractivity contribution is 6.31. The Morgan fingerprint density at radius 2 is 2.08 bits per heavy atom. The van der Waals surface area contributed by atoms with Crippen molar-refractivity contribution >= 4 is 34.3 Å². The van der Waals surface area contributed by atoms with Crippen LogP contribution in [0.25, 0.3) is 11.1 Å². The Balaban J connectivity index is 2.09. The number of aryl methyl sites for hydroxylation is 2. The van der Waals surface area contributed by atoms with Gasteiger partial charge in [-0.05, 0) is 37.5 Å². The van der Waals surface area contributed by atoms with Crippen molar-refractivity contribution in [1.29, 1.82) is 0 Å². The molecule has 3 rings (SSSR count). The number of carbonyl (C=O) groups is 1. The zero-order valence-corrected chi connectivity index (χ0v) is 15.8.